The van der Waals surface area contributed by atoms with Crippen molar-refractivity contribution < 1.29 is 9.53 Å². The van der Waals surface area contributed by atoms with Crippen LogP contribution in [0.4, 0.5) is 0 Å². The third kappa shape index (κ3) is 5.03. The second-order valence-corrected chi connectivity index (χ2v) is 13.6. The fraction of sp³-hybridized carbons (Fsp3) is 0.966. The van der Waals surface area contributed by atoms with Crippen molar-refractivity contribution in [2.75, 3.05) is 41.3 Å². The van der Waals surface area contributed by atoms with Gasteiger partial charge in [-0.15, -0.1) is 0 Å². The van der Waals surface area contributed by atoms with E-state index < -0.39 is 0 Å². The molecule has 0 spiro atoms. The highest BCUT2D eigenvalue weighted by molar-refractivity contribution is 5.66. The van der Waals surface area contributed by atoms with Gasteiger partial charge in [0.15, 0.2) is 0 Å². The SMILES string of the molecule is CC(=O)O[C@H]1CC[C@@]2(C)[C@H](CC[C@@H]3[C@@H]2CC[C@]2(C)[C@@H](CC(CN(C)C)CN(C)C)CC[C@@H]32)C1. The molecule has 4 fully saturated rings. The molecule has 4 aliphatic carbocycles. The lowest BCUT2D eigenvalue weighted by atomic mass is 9.44. The zero-order chi connectivity index (χ0) is 24.0. The smallest absolute Gasteiger partial charge is 0.302 e. The molecule has 0 bridgehead atoms. The lowest BCUT2D eigenvalue weighted by molar-refractivity contribution is -0.160. The summed E-state index contributed by atoms with van der Waals surface area (Å²) in [5, 5.41) is 0. The number of carbonyl (C=O) groups excluding carboxylic acids is 1. The third-order valence-electron chi connectivity index (χ3n) is 11.0. The molecule has 0 aliphatic heterocycles. The van der Waals surface area contributed by atoms with Gasteiger partial charge >= 0.3 is 5.97 Å². The Hall–Kier alpha value is -0.610. The first-order valence-corrected chi connectivity index (χ1v) is 14.0. The van der Waals surface area contributed by atoms with Gasteiger partial charge in [-0.2, -0.15) is 0 Å². The highest BCUT2D eigenvalue weighted by atomic mass is 16.5. The van der Waals surface area contributed by atoms with Crippen LogP contribution in [0.3, 0.4) is 0 Å². The molecule has 0 radical (unpaired) electrons. The normalized spacial score (nSPS) is 42.8. The maximum Gasteiger partial charge on any atom is 0.302 e. The number of hydrogen-bond donors (Lipinski definition) is 0. The van der Waals surface area contributed by atoms with Crippen molar-refractivity contribution >= 4 is 5.97 Å². The van der Waals surface area contributed by atoms with Crippen molar-refractivity contribution in [3.63, 3.8) is 0 Å². The Morgan fingerprint density at radius 2 is 1.52 bits per heavy atom. The number of fused-ring (bicyclic) bond motifs is 5. The summed E-state index contributed by atoms with van der Waals surface area (Å²) in [4.78, 5) is 16.3. The lowest BCUT2D eigenvalue weighted by Gasteiger charge is -2.61. The summed E-state index contributed by atoms with van der Waals surface area (Å²) >= 11 is 0. The fourth-order valence-electron chi connectivity index (χ4n) is 9.70. The second-order valence-electron chi connectivity index (χ2n) is 13.6. The molecule has 0 N–H and O–H groups in total. The maximum absolute atomic E-state index is 11.5. The van der Waals surface area contributed by atoms with Gasteiger partial charge in [-0.3, -0.25) is 4.79 Å². The molecule has 0 amide bonds. The van der Waals surface area contributed by atoms with Crippen molar-refractivity contribution in [1.29, 1.82) is 0 Å². The number of nitrogens with zero attached hydrogens (tertiary/aromatic N) is 2. The van der Waals surface area contributed by atoms with Crippen LogP contribution in [0.1, 0.15) is 85.0 Å². The van der Waals surface area contributed by atoms with Crippen molar-refractivity contribution in [1.82, 2.24) is 9.80 Å². The van der Waals surface area contributed by atoms with Crippen LogP contribution >= 0.6 is 0 Å². The molecule has 4 saturated carbocycles. The Labute approximate surface area is 204 Å². The van der Waals surface area contributed by atoms with E-state index >= 15 is 0 Å². The average Bonchev–Trinajstić information content (AvgIpc) is 3.03. The minimum absolute atomic E-state index is 0.0930. The summed E-state index contributed by atoms with van der Waals surface area (Å²) in [5.41, 5.74) is 1.02. The Bertz CT molecular complexity index is 683. The molecule has 0 aromatic rings. The van der Waals surface area contributed by atoms with Gasteiger partial charge in [-0.25, -0.2) is 0 Å². The summed E-state index contributed by atoms with van der Waals surface area (Å²) in [7, 11) is 8.95. The standard InChI is InChI=1S/C29H52N2O2/c1-20(32)33-24-12-14-28(2)23(17-24)8-10-25-26-11-9-22(29(26,3)15-13-27(25)28)16-21(18-30(4)5)19-31(6)7/h21-27H,8-19H2,1-7H3/t22-,23-,24+,25+,26+,27+,28+,29-/m1/s1. The molecule has 0 aromatic heterocycles. The van der Waals surface area contributed by atoms with Gasteiger partial charge in [0, 0.05) is 20.0 Å². The van der Waals surface area contributed by atoms with E-state index in [4.69, 9.17) is 4.74 Å². The predicted molar refractivity (Wildman–Crippen MR) is 136 cm³/mol. The quantitative estimate of drug-likeness (QED) is 0.456. The number of carbonyl (C=O) groups is 1. The minimum Gasteiger partial charge on any atom is -0.463 e. The van der Waals surface area contributed by atoms with Crippen molar-refractivity contribution in [3.05, 3.63) is 0 Å². The lowest BCUT2D eigenvalue weighted by Crippen LogP contribution is -2.54. The van der Waals surface area contributed by atoms with Crippen molar-refractivity contribution in [2.24, 2.45) is 46.3 Å². The fourth-order valence-corrected chi connectivity index (χ4v) is 9.70. The summed E-state index contributed by atoms with van der Waals surface area (Å²) < 4.78 is 5.67. The van der Waals surface area contributed by atoms with Gasteiger partial charge in [0.1, 0.15) is 6.10 Å². The first-order valence-electron chi connectivity index (χ1n) is 14.0. The molecule has 4 rings (SSSR count). The predicted octanol–water partition coefficient (Wildman–Crippen LogP) is 5.71. The van der Waals surface area contributed by atoms with Crippen LogP contribution in [-0.4, -0.2) is 63.2 Å². The van der Waals surface area contributed by atoms with Crippen LogP contribution in [0.5, 0.6) is 0 Å². The first kappa shape index (κ1) is 25.5. The van der Waals surface area contributed by atoms with Gasteiger partial charge in [-0.05, 0) is 139 Å². The maximum atomic E-state index is 11.5. The molecule has 4 aliphatic rings. The summed E-state index contributed by atoms with van der Waals surface area (Å²) in [6, 6.07) is 0. The van der Waals surface area contributed by atoms with E-state index in [0.717, 1.165) is 48.3 Å². The average molecular weight is 461 g/mol. The summed E-state index contributed by atoms with van der Waals surface area (Å²) in [6.45, 7) is 9.32. The van der Waals surface area contributed by atoms with Crippen LogP contribution in [0.25, 0.3) is 0 Å². The Kier molecular flexibility index (Phi) is 7.57. The van der Waals surface area contributed by atoms with Crippen molar-refractivity contribution in [2.45, 2.75) is 91.1 Å². The topological polar surface area (TPSA) is 32.8 Å². The highest BCUT2D eigenvalue weighted by Gasteiger charge is 2.60. The van der Waals surface area contributed by atoms with Crippen LogP contribution < -0.4 is 0 Å². The molecule has 0 heterocycles. The van der Waals surface area contributed by atoms with Gasteiger partial charge in [-0.1, -0.05) is 13.8 Å². The van der Waals surface area contributed by atoms with Crippen LogP contribution in [0.15, 0.2) is 0 Å². The molecular formula is C29H52N2O2. The minimum atomic E-state index is -0.0930. The molecule has 33 heavy (non-hydrogen) atoms. The third-order valence-corrected chi connectivity index (χ3v) is 11.0. The van der Waals surface area contributed by atoms with Gasteiger partial charge in [0.05, 0.1) is 0 Å². The zero-order valence-corrected chi connectivity index (χ0v) is 22.7. The molecule has 8 atom stereocenters. The second kappa shape index (κ2) is 9.80. The molecule has 190 valence electrons. The van der Waals surface area contributed by atoms with E-state index in [1.54, 1.807) is 6.92 Å². The van der Waals surface area contributed by atoms with Gasteiger partial charge in [0.25, 0.3) is 0 Å². The first-order chi connectivity index (χ1) is 15.5. The van der Waals surface area contributed by atoms with Crippen LogP contribution in [0.2, 0.25) is 0 Å². The molecule has 0 saturated heterocycles. The van der Waals surface area contributed by atoms with Crippen molar-refractivity contribution in [3.8, 4) is 0 Å². The number of rotatable bonds is 7. The molecule has 4 heteroatoms. The summed E-state index contributed by atoms with van der Waals surface area (Å²) in [6.07, 6.45) is 13.6. The molecule has 4 nitrogen and oxygen atoms in total. The van der Waals surface area contributed by atoms with E-state index in [2.05, 4.69) is 51.8 Å². The van der Waals surface area contributed by atoms with Crippen LogP contribution in [0, 0.1) is 46.3 Å². The van der Waals surface area contributed by atoms with E-state index in [9.17, 15) is 4.79 Å². The molecule has 0 aromatic carbocycles. The van der Waals surface area contributed by atoms with Gasteiger partial charge in [0.2, 0.25) is 0 Å². The molecular weight excluding hydrogens is 408 g/mol. The Morgan fingerprint density at radius 3 is 2.15 bits per heavy atom. The number of ether oxygens (including phenoxy) is 1. The van der Waals surface area contributed by atoms with Gasteiger partial charge < -0.3 is 14.5 Å². The van der Waals surface area contributed by atoms with E-state index in [1.807, 2.05) is 0 Å². The largest absolute Gasteiger partial charge is 0.463 e. The number of hydrogen-bond acceptors (Lipinski definition) is 4. The Morgan fingerprint density at radius 1 is 0.879 bits per heavy atom. The van der Waals surface area contributed by atoms with E-state index in [1.165, 1.54) is 64.5 Å². The number of esters is 1. The Balaban J connectivity index is 1.45. The van der Waals surface area contributed by atoms with Crippen LogP contribution in [-0.2, 0) is 9.53 Å². The monoisotopic (exact) mass is 460 g/mol. The molecule has 0 unspecified atom stereocenters. The zero-order valence-electron chi connectivity index (χ0n) is 22.7. The van der Waals surface area contributed by atoms with E-state index in [-0.39, 0.29) is 12.1 Å². The highest BCUT2D eigenvalue weighted by Crippen LogP contribution is 2.68. The van der Waals surface area contributed by atoms with E-state index in [0.29, 0.717) is 10.8 Å². The summed E-state index contributed by atoms with van der Waals surface area (Å²) in [5.74, 6) is 5.10.